The maximum Gasteiger partial charge on any atom is 0.359 e. The molecule has 0 aliphatic carbocycles. The second kappa shape index (κ2) is 7.15. The first-order valence-electron chi connectivity index (χ1n) is 8.74. The van der Waals surface area contributed by atoms with Gasteiger partial charge in [0.15, 0.2) is 12.3 Å². The van der Waals surface area contributed by atoms with Crippen LogP contribution in [0.1, 0.15) is 51.3 Å². The fraction of sp³-hybridized carbons (Fsp3) is 0.350. The number of fused-ring (bicyclic) bond motifs is 1. The molecule has 3 rings (SSSR count). The zero-order valence-corrected chi connectivity index (χ0v) is 15.6. The number of pyridine rings is 1. The maximum atomic E-state index is 12.5. The van der Waals surface area contributed by atoms with E-state index in [1.807, 2.05) is 49.4 Å². The van der Waals surface area contributed by atoms with Crippen molar-refractivity contribution in [1.29, 1.82) is 0 Å². The Labute approximate surface area is 152 Å². The number of aromatic nitrogens is 3. The van der Waals surface area contributed by atoms with E-state index < -0.39 is 5.97 Å². The Hall–Kier alpha value is -2.89. The molecule has 0 unspecified atom stereocenters. The third-order valence-corrected chi connectivity index (χ3v) is 4.56. The summed E-state index contributed by atoms with van der Waals surface area (Å²) in [5, 5.41) is 0. The van der Waals surface area contributed by atoms with Gasteiger partial charge in [0.25, 0.3) is 0 Å². The van der Waals surface area contributed by atoms with Crippen molar-refractivity contribution in [2.24, 2.45) is 0 Å². The fourth-order valence-corrected chi connectivity index (χ4v) is 3.18. The minimum Gasteiger partial charge on any atom is -0.453 e. The summed E-state index contributed by atoms with van der Waals surface area (Å²) in [6.45, 7) is 8.50. The van der Waals surface area contributed by atoms with Crippen LogP contribution in [0, 0.1) is 20.8 Å². The van der Waals surface area contributed by atoms with Crippen LogP contribution in [0.2, 0.25) is 0 Å². The Morgan fingerprint density at radius 2 is 1.92 bits per heavy atom. The van der Waals surface area contributed by atoms with Crippen molar-refractivity contribution in [2.45, 2.75) is 40.7 Å². The van der Waals surface area contributed by atoms with E-state index >= 15 is 0 Å². The number of rotatable bonds is 6. The van der Waals surface area contributed by atoms with E-state index in [9.17, 15) is 9.59 Å². The molecule has 0 saturated carbocycles. The predicted octanol–water partition coefficient (Wildman–Crippen LogP) is 3.51. The van der Waals surface area contributed by atoms with Gasteiger partial charge in [0.05, 0.1) is 0 Å². The first-order chi connectivity index (χ1) is 12.4. The molecule has 0 spiro atoms. The standard InChI is InChI=1S/C20H23N3O3/c1-5-9-22-14(3)10-16(15(22)4)18(24)12-26-20(25)17-11-23-13(2)7-6-8-19(23)21-17/h6-8,10-11H,5,9,12H2,1-4H3. The molecule has 136 valence electrons. The van der Waals surface area contributed by atoms with Crippen molar-refractivity contribution < 1.29 is 14.3 Å². The molecular formula is C20H23N3O3. The maximum absolute atomic E-state index is 12.5. The summed E-state index contributed by atoms with van der Waals surface area (Å²) >= 11 is 0. The lowest BCUT2D eigenvalue weighted by atomic mass is 10.1. The van der Waals surface area contributed by atoms with E-state index in [-0.39, 0.29) is 18.1 Å². The highest BCUT2D eigenvalue weighted by atomic mass is 16.5. The van der Waals surface area contributed by atoms with Gasteiger partial charge >= 0.3 is 5.97 Å². The summed E-state index contributed by atoms with van der Waals surface area (Å²) in [6, 6.07) is 7.48. The first kappa shape index (κ1) is 17.9. The van der Waals surface area contributed by atoms with Crippen LogP contribution in [0.3, 0.4) is 0 Å². The van der Waals surface area contributed by atoms with Gasteiger partial charge in [-0.3, -0.25) is 4.79 Å². The van der Waals surface area contributed by atoms with Gasteiger partial charge in [0, 0.05) is 35.4 Å². The molecule has 0 bridgehead atoms. The number of nitrogens with zero attached hydrogens (tertiary/aromatic N) is 3. The quantitative estimate of drug-likeness (QED) is 0.502. The van der Waals surface area contributed by atoms with Crippen LogP contribution < -0.4 is 0 Å². The Morgan fingerprint density at radius 3 is 2.62 bits per heavy atom. The molecule has 6 heteroatoms. The summed E-state index contributed by atoms with van der Waals surface area (Å²) < 4.78 is 9.13. The van der Waals surface area contributed by atoms with Gasteiger partial charge in [-0.25, -0.2) is 9.78 Å². The van der Waals surface area contributed by atoms with Crippen LogP contribution in [0.15, 0.2) is 30.5 Å². The van der Waals surface area contributed by atoms with Gasteiger partial charge in [-0.2, -0.15) is 0 Å². The van der Waals surface area contributed by atoms with Crippen molar-refractivity contribution in [3.05, 3.63) is 58.8 Å². The summed E-state index contributed by atoms with van der Waals surface area (Å²) in [4.78, 5) is 29.0. The number of ether oxygens (including phenoxy) is 1. The van der Waals surface area contributed by atoms with Gasteiger partial charge < -0.3 is 13.7 Å². The molecule has 3 aromatic rings. The molecule has 0 saturated heterocycles. The first-order valence-corrected chi connectivity index (χ1v) is 8.74. The van der Waals surface area contributed by atoms with Gasteiger partial charge in [-0.05, 0) is 45.4 Å². The SMILES string of the molecule is CCCn1c(C)cc(C(=O)COC(=O)c2cn3c(C)cccc3n2)c1C. The highest BCUT2D eigenvalue weighted by molar-refractivity contribution is 6.00. The van der Waals surface area contributed by atoms with Crippen molar-refractivity contribution in [1.82, 2.24) is 14.0 Å². The van der Waals surface area contributed by atoms with Crippen LogP contribution in [0.25, 0.3) is 5.65 Å². The Kier molecular flexibility index (Phi) is 4.93. The average molecular weight is 353 g/mol. The molecule has 3 heterocycles. The van der Waals surface area contributed by atoms with E-state index in [2.05, 4.69) is 16.5 Å². The molecule has 0 N–H and O–H groups in total. The van der Waals surface area contributed by atoms with Gasteiger partial charge in [-0.1, -0.05) is 13.0 Å². The van der Waals surface area contributed by atoms with Gasteiger partial charge in [0.1, 0.15) is 5.65 Å². The number of carbonyl (C=O) groups is 2. The Morgan fingerprint density at radius 1 is 1.15 bits per heavy atom. The normalized spacial score (nSPS) is 11.1. The van der Waals surface area contributed by atoms with Crippen molar-refractivity contribution in [2.75, 3.05) is 6.61 Å². The minimum atomic E-state index is -0.594. The number of hydrogen-bond donors (Lipinski definition) is 0. The molecule has 6 nitrogen and oxygen atoms in total. The molecule has 26 heavy (non-hydrogen) atoms. The number of imidazole rings is 1. The van der Waals surface area contributed by atoms with Gasteiger partial charge in [0.2, 0.25) is 5.78 Å². The monoisotopic (exact) mass is 353 g/mol. The summed E-state index contributed by atoms with van der Waals surface area (Å²) in [5.41, 5.74) is 4.39. The number of hydrogen-bond acceptors (Lipinski definition) is 4. The van der Waals surface area contributed by atoms with E-state index in [1.165, 1.54) is 0 Å². The molecular weight excluding hydrogens is 330 g/mol. The number of aryl methyl sites for hydroxylation is 2. The largest absolute Gasteiger partial charge is 0.453 e. The third kappa shape index (κ3) is 3.27. The summed E-state index contributed by atoms with van der Waals surface area (Å²) in [5.74, 6) is -0.794. The highest BCUT2D eigenvalue weighted by Gasteiger charge is 2.19. The van der Waals surface area contributed by atoms with Crippen molar-refractivity contribution >= 4 is 17.4 Å². The number of carbonyl (C=O) groups excluding carboxylic acids is 2. The zero-order chi connectivity index (χ0) is 18.8. The Bertz CT molecular complexity index is 982. The topological polar surface area (TPSA) is 65.6 Å². The molecule has 0 radical (unpaired) electrons. The average Bonchev–Trinajstić information content (AvgIpc) is 3.17. The van der Waals surface area contributed by atoms with Crippen LogP contribution in [0.5, 0.6) is 0 Å². The van der Waals surface area contributed by atoms with Crippen LogP contribution >= 0.6 is 0 Å². The zero-order valence-electron chi connectivity index (χ0n) is 15.6. The fourth-order valence-electron chi connectivity index (χ4n) is 3.18. The van der Waals surface area contributed by atoms with E-state index in [0.29, 0.717) is 11.2 Å². The van der Waals surface area contributed by atoms with Crippen LogP contribution in [-0.4, -0.2) is 32.3 Å². The summed E-state index contributed by atoms with van der Waals surface area (Å²) in [7, 11) is 0. The summed E-state index contributed by atoms with van der Waals surface area (Å²) in [6.07, 6.45) is 2.62. The van der Waals surface area contributed by atoms with E-state index in [0.717, 1.165) is 30.0 Å². The molecule has 0 aliphatic heterocycles. The minimum absolute atomic E-state index is 0.198. The van der Waals surface area contributed by atoms with E-state index in [1.54, 1.807) is 6.20 Å². The molecule has 0 atom stereocenters. The number of Topliss-reactive ketones (excluding diaryl/α,β-unsaturated/α-hetero) is 1. The second-order valence-electron chi connectivity index (χ2n) is 6.46. The molecule has 3 aromatic heterocycles. The molecule has 0 aliphatic rings. The Balaban J connectivity index is 1.72. The van der Waals surface area contributed by atoms with Crippen LogP contribution in [-0.2, 0) is 11.3 Å². The number of esters is 1. The predicted molar refractivity (Wildman–Crippen MR) is 98.7 cm³/mol. The van der Waals surface area contributed by atoms with Gasteiger partial charge in [-0.15, -0.1) is 0 Å². The third-order valence-electron chi connectivity index (χ3n) is 4.56. The number of ketones is 1. The lowest BCUT2D eigenvalue weighted by Crippen LogP contribution is -2.15. The van der Waals surface area contributed by atoms with Crippen molar-refractivity contribution in [3.8, 4) is 0 Å². The smallest absolute Gasteiger partial charge is 0.359 e. The van der Waals surface area contributed by atoms with Crippen LogP contribution in [0.4, 0.5) is 0 Å². The lowest BCUT2D eigenvalue weighted by molar-refractivity contribution is 0.0469. The van der Waals surface area contributed by atoms with Crippen molar-refractivity contribution in [3.63, 3.8) is 0 Å². The van der Waals surface area contributed by atoms with E-state index in [4.69, 9.17) is 4.74 Å². The molecule has 0 aromatic carbocycles. The second-order valence-corrected chi connectivity index (χ2v) is 6.46. The lowest BCUT2D eigenvalue weighted by Gasteiger charge is -2.07. The molecule has 0 fully saturated rings. The highest BCUT2D eigenvalue weighted by Crippen LogP contribution is 2.17. The molecule has 0 amide bonds.